The van der Waals surface area contributed by atoms with Crippen LogP contribution in [0.4, 0.5) is 5.69 Å². The fourth-order valence-electron chi connectivity index (χ4n) is 4.97. The quantitative estimate of drug-likeness (QED) is 0.602. The average molecular weight is 404 g/mol. The van der Waals surface area contributed by atoms with E-state index >= 15 is 0 Å². The summed E-state index contributed by atoms with van der Waals surface area (Å²) in [4.78, 5) is 11.1. The summed E-state index contributed by atoms with van der Waals surface area (Å²) in [6.07, 6.45) is 8.84. The molecule has 0 bridgehead atoms. The molecule has 1 aromatic carbocycles. The standard InChI is InChI=1S/C22H30ClN3S/c1-22(2)19(25-14-8-9-15-25)20(24-16-10-4-3-5-11-16)26(21(22)27)18-13-7-6-12-17(18)23/h6-7,12-13,16,19H,3-5,8-11,14-15H2,1-2H3/t19-/m1/s1. The van der Waals surface area contributed by atoms with E-state index in [1.54, 1.807) is 0 Å². The monoisotopic (exact) mass is 403 g/mol. The number of hydrogen-bond donors (Lipinski definition) is 0. The number of hydrogen-bond acceptors (Lipinski definition) is 3. The molecule has 4 rings (SSSR count). The smallest absolute Gasteiger partial charge is 0.127 e. The van der Waals surface area contributed by atoms with Gasteiger partial charge in [0.2, 0.25) is 0 Å². The van der Waals surface area contributed by atoms with Crippen molar-refractivity contribution in [3.8, 4) is 0 Å². The summed E-state index contributed by atoms with van der Waals surface area (Å²) in [6, 6.07) is 8.71. The highest BCUT2D eigenvalue weighted by atomic mass is 35.5. The molecule has 0 amide bonds. The molecule has 1 saturated carbocycles. The number of thiocarbonyl (C=S) groups is 1. The van der Waals surface area contributed by atoms with Gasteiger partial charge >= 0.3 is 0 Å². The van der Waals surface area contributed by atoms with Crippen molar-refractivity contribution in [2.45, 2.75) is 70.9 Å². The molecule has 0 radical (unpaired) electrons. The molecule has 0 spiro atoms. The number of likely N-dealkylation sites (tertiary alicyclic amines) is 1. The van der Waals surface area contributed by atoms with Crippen LogP contribution in [0.25, 0.3) is 0 Å². The molecule has 5 heteroatoms. The van der Waals surface area contributed by atoms with Crippen molar-refractivity contribution in [1.82, 2.24) is 4.90 Å². The first-order valence-corrected chi connectivity index (χ1v) is 11.2. The maximum Gasteiger partial charge on any atom is 0.127 e. The number of benzene rings is 1. The number of aliphatic imine (C=N–C) groups is 1. The minimum absolute atomic E-state index is 0.133. The Morgan fingerprint density at radius 3 is 2.37 bits per heavy atom. The summed E-state index contributed by atoms with van der Waals surface area (Å²) in [5, 5.41) is 0.745. The molecule has 0 aromatic heterocycles. The lowest BCUT2D eigenvalue weighted by Gasteiger charge is -2.33. The molecule has 3 aliphatic rings. The van der Waals surface area contributed by atoms with E-state index in [9.17, 15) is 0 Å². The minimum atomic E-state index is -0.133. The van der Waals surface area contributed by atoms with Gasteiger partial charge in [-0.2, -0.15) is 0 Å². The van der Waals surface area contributed by atoms with Crippen LogP contribution in [-0.4, -0.2) is 40.9 Å². The molecule has 1 atom stereocenters. The predicted octanol–water partition coefficient (Wildman–Crippen LogP) is 5.71. The van der Waals surface area contributed by atoms with Crippen LogP contribution in [0, 0.1) is 5.41 Å². The number of halogens is 1. The van der Waals surface area contributed by atoms with Gasteiger partial charge in [-0.25, -0.2) is 0 Å². The van der Waals surface area contributed by atoms with Gasteiger partial charge in [0.25, 0.3) is 0 Å². The van der Waals surface area contributed by atoms with E-state index in [0.717, 1.165) is 34.6 Å². The second-order valence-electron chi connectivity index (χ2n) is 8.74. The molecule has 27 heavy (non-hydrogen) atoms. The zero-order valence-corrected chi connectivity index (χ0v) is 18.0. The number of amidine groups is 1. The van der Waals surface area contributed by atoms with Crippen molar-refractivity contribution in [3.05, 3.63) is 29.3 Å². The maximum atomic E-state index is 6.61. The van der Waals surface area contributed by atoms with Crippen LogP contribution in [-0.2, 0) is 0 Å². The second-order valence-corrected chi connectivity index (χ2v) is 9.53. The Bertz CT molecular complexity index is 733. The lowest BCUT2D eigenvalue weighted by atomic mass is 9.86. The number of anilines is 1. The van der Waals surface area contributed by atoms with Crippen LogP contribution in [0.15, 0.2) is 29.3 Å². The molecule has 1 aliphatic carbocycles. The highest BCUT2D eigenvalue weighted by Crippen LogP contribution is 2.43. The summed E-state index contributed by atoms with van der Waals surface area (Å²) >= 11 is 12.6. The Balaban J connectivity index is 1.81. The normalized spacial score (nSPS) is 28.4. The van der Waals surface area contributed by atoms with Crippen molar-refractivity contribution < 1.29 is 0 Å². The largest absolute Gasteiger partial charge is 0.293 e. The predicted molar refractivity (Wildman–Crippen MR) is 119 cm³/mol. The van der Waals surface area contributed by atoms with Gasteiger partial charge in [-0.3, -0.25) is 14.8 Å². The zero-order chi connectivity index (χ0) is 19.0. The number of rotatable bonds is 3. The van der Waals surface area contributed by atoms with E-state index in [0.29, 0.717) is 6.04 Å². The van der Waals surface area contributed by atoms with E-state index in [2.05, 4.69) is 29.7 Å². The van der Waals surface area contributed by atoms with Crippen LogP contribution in [0.5, 0.6) is 0 Å². The van der Waals surface area contributed by atoms with Crippen LogP contribution < -0.4 is 4.90 Å². The summed E-state index contributed by atoms with van der Waals surface area (Å²) in [6.45, 7) is 6.84. The third-order valence-corrected chi connectivity index (χ3v) is 7.43. The van der Waals surface area contributed by atoms with Crippen LogP contribution in [0.2, 0.25) is 5.02 Å². The minimum Gasteiger partial charge on any atom is -0.293 e. The first kappa shape index (κ1) is 19.4. The van der Waals surface area contributed by atoms with Gasteiger partial charge in [0.15, 0.2) is 0 Å². The highest BCUT2D eigenvalue weighted by molar-refractivity contribution is 7.80. The number of nitrogens with zero attached hydrogens (tertiary/aromatic N) is 3. The van der Waals surface area contributed by atoms with Crippen molar-refractivity contribution >= 4 is 40.3 Å². The number of para-hydroxylation sites is 1. The Kier molecular flexibility index (Phi) is 5.59. The zero-order valence-electron chi connectivity index (χ0n) is 16.5. The third kappa shape index (κ3) is 3.56. The topological polar surface area (TPSA) is 18.8 Å². The van der Waals surface area contributed by atoms with Gasteiger partial charge in [0.05, 0.1) is 27.8 Å². The van der Waals surface area contributed by atoms with Crippen molar-refractivity contribution in [2.24, 2.45) is 10.4 Å². The van der Waals surface area contributed by atoms with Gasteiger partial charge in [-0.15, -0.1) is 0 Å². The highest BCUT2D eigenvalue weighted by Gasteiger charge is 2.53. The van der Waals surface area contributed by atoms with Crippen molar-refractivity contribution in [1.29, 1.82) is 0 Å². The molecule has 0 N–H and O–H groups in total. The molecule has 3 nitrogen and oxygen atoms in total. The van der Waals surface area contributed by atoms with Gasteiger partial charge in [-0.05, 0) is 50.9 Å². The molecule has 2 aliphatic heterocycles. The third-order valence-electron chi connectivity index (χ3n) is 6.40. The molecule has 146 valence electrons. The summed E-state index contributed by atoms with van der Waals surface area (Å²) < 4.78 is 0. The van der Waals surface area contributed by atoms with Crippen LogP contribution >= 0.6 is 23.8 Å². The molecular formula is C22H30ClN3S. The van der Waals surface area contributed by atoms with E-state index in [1.807, 2.05) is 18.2 Å². The Labute approximate surface area is 173 Å². The van der Waals surface area contributed by atoms with Crippen LogP contribution in [0.3, 0.4) is 0 Å². The summed E-state index contributed by atoms with van der Waals surface area (Å²) in [7, 11) is 0. The Morgan fingerprint density at radius 1 is 1.04 bits per heavy atom. The fourth-order valence-corrected chi connectivity index (χ4v) is 5.49. The van der Waals surface area contributed by atoms with Crippen molar-refractivity contribution in [2.75, 3.05) is 18.0 Å². The first-order valence-electron chi connectivity index (χ1n) is 10.4. The van der Waals surface area contributed by atoms with Gasteiger partial charge in [0, 0.05) is 5.41 Å². The van der Waals surface area contributed by atoms with E-state index in [1.165, 1.54) is 44.9 Å². The fraction of sp³-hybridized carbons (Fsp3) is 0.636. The lowest BCUT2D eigenvalue weighted by molar-refractivity contribution is 0.223. The summed E-state index contributed by atoms with van der Waals surface area (Å²) in [5.41, 5.74) is 0.847. The van der Waals surface area contributed by atoms with E-state index in [4.69, 9.17) is 28.8 Å². The van der Waals surface area contributed by atoms with E-state index < -0.39 is 0 Å². The Morgan fingerprint density at radius 2 is 1.70 bits per heavy atom. The first-order chi connectivity index (χ1) is 13.0. The molecule has 2 heterocycles. The van der Waals surface area contributed by atoms with Gasteiger partial charge in [0.1, 0.15) is 5.84 Å². The van der Waals surface area contributed by atoms with Crippen molar-refractivity contribution in [3.63, 3.8) is 0 Å². The molecule has 3 fully saturated rings. The van der Waals surface area contributed by atoms with Gasteiger partial charge < -0.3 is 0 Å². The molecule has 2 saturated heterocycles. The average Bonchev–Trinajstić information content (AvgIpc) is 3.23. The Hall–Kier alpha value is -0.970. The lowest BCUT2D eigenvalue weighted by Crippen LogP contribution is -2.46. The molecular weight excluding hydrogens is 374 g/mol. The van der Waals surface area contributed by atoms with Gasteiger partial charge in [-0.1, -0.05) is 69.1 Å². The molecule has 0 unspecified atom stereocenters. The SMILES string of the molecule is CC1(C)C(=S)N(c2ccccc2Cl)C(=NC2CCCCC2)[C@H]1N1CCCC1. The maximum absolute atomic E-state index is 6.61. The summed E-state index contributed by atoms with van der Waals surface area (Å²) in [5.74, 6) is 1.13. The van der Waals surface area contributed by atoms with E-state index in [-0.39, 0.29) is 11.5 Å². The molecule has 1 aromatic rings. The second kappa shape index (κ2) is 7.81. The van der Waals surface area contributed by atoms with Crippen LogP contribution in [0.1, 0.15) is 58.8 Å².